The molecule has 0 saturated heterocycles. The monoisotopic (exact) mass is 322 g/mol. The number of halogens is 2. The molecule has 1 heterocycles. The van der Waals surface area contributed by atoms with Gasteiger partial charge in [-0.05, 0) is 18.2 Å². The largest absolute Gasteiger partial charge is 0.324 e. The standard InChI is InChI=1S/C13H8Cl2N4O2/c14-10-6-17-19(13(21)12(10)15)7-11(20)18-9-3-1-2-8(4-9)5-16/h1-4,6H,7H2,(H,18,20). The third-order valence-corrected chi connectivity index (χ3v) is 3.26. The van der Waals surface area contributed by atoms with Gasteiger partial charge in [0.05, 0.1) is 22.9 Å². The maximum atomic E-state index is 11.9. The van der Waals surface area contributed by atoms with Crippen LogP contribution in [0.15, 0.2) is 35.3 Å². The molecule has 0 fully saturated rings. The Balaban J connectivity index is 2.14. The third-order valence-electron chi connectivity index (χ3n) is 2.51. The van der Waals surface area contributed by atoms with Crippen LogP contribution in [0.4, 0.5) is 5.69 Å². The first-order valence-corrected chi connectivity index (χ1v) is 6.48. The summed E-state index contributed by atoms with van der Waals surface area (Å²) in [5.41, 5.74) is 0.217. The van der Waals surface area contributed by atoms with Crippen molar-refractivity contribution < 1.29 is 4.79 Å². The zero-order valence-electron chi connectivity index (χ0n) is 10.5. The van der Waals surface area contributed by atoms with E-state index in [2.05, 4.69) is 10.4 Å². The molecule has 1 amide bonds. The summed E-state index contributed by atoms with van der Waals surface area (Å²) in [7, 11) is 0. The average molecular weight is 323 g/mol. The van der Waals surface area contributed by atoms with Crippen molar-refractivity contribution in [1.29, 1.82) is 5.26 Å². The molecule has 0 saturated carbocycles. The molecular formula is C13H8Cl2N4O2. The first-order chi connectivity index (χ1) is 10.0. The van der Waals surface area contributed by atoms with Crippen LogP contribution in [0.3, 0.4) is 0 Å². The molecule has 1 N–H and O–H groups in total. The number of carbonyl (C=O) groups is 1. The fourth-order valence-corrected chi connectivity index (χ4v) is 1.83. The highest BCUT2D eigenvalue weighted by Crippen LogP contribution is 2.14. The molecule has 2 rings (SSSR count). The fourth-order valence-electron chi connectivity index (χ4n) is 1.56. The van der Waals surface area contributed by atoms with Crippen LogP contribution >= 0.6 is 23.2 Å². The number of amides is 1. The quantitative estimate of drug-likeness (QED) is 0.936. The molecule has 0 radical (unpaired) electrons. The number of anilines is 1. The number of hydrogen-bond acceptors (Lipinski definition) is 4. The molecule has 0 aliphatic carbocycles. The average Bonchev–Trinajstić information content (AvgIpc) is 2.48. The molecule has 0 aliphatic rings. The summed E-state index contributed by atoms with van der Waals surface area (Å²) in [6, 6.07) is 8.36. The second-order valence-electron chi connectivity index (χ2n) is 4.01. The molecule has 106 valence electrons. The maximum Gasteiger partial charge on any atom is 0.287 e. The maximum absolute atomic E-state index is 11.9. The normalized spacial score (nSPS) is 9.95. The number of nitriles is 1. The molecule has 1 aromatic carbocycles. The van der Waals surface area contributed by atoms with E-state index in [1.807, 2.05) is 6.07 Å². The van der Waals surface area contributed by atoms with Gasteiger partial charge < -0.3 is 5.32 Å². The predicted octanol–water partition coefficient (Wildman–Crippen LogP) is 2.06. The van der Waals surface area contributed by atoms with Crippen molar-refractivity contribution in [1.82, 2.24) is 9.78 Å². The molecule has 2 aromatic rings. The molecule has 1 aromatic heterocycles. The first kappa shape index (κ1) is 15.0. The van der Waals surface area contributed by atoms with Gasteiger partial charge in [0, 0.05) is 5.69 Å². The summed E-state index contributed by atoms with van der Waals surface area (Å²) in [5.74, 6) is -0.474. The lowest BCUT2D eigenvalue weighted by molar-refractivity contribution is -0.117. The Hall–Kier alpha value is -2.36. The van der Waals surface area contributed by atoms with Crippen LogP contribution in [0.25, 0.3) is 0 Å². The Labute approximate surface area is 129 Å². The lowest BCUT2D eigenvalue weighted by Crippen LogP contribution is -2.29. The van der Waals surface area contributed by atoms with E-state index in [-0.39, 0.29) is 16.6 Å². The number of carbonyl (C=O) groups excluding carboxylic acids is 1. The van der Waals surface area contributed by atoms with Crippen LogP contribution in [0.2, 0.25) is 10.0 Å². The van der Waals surface area contributed by atoms with Crippen LogP contribution in [0, 0.1) is 11.3 Å². The van der Waals surface area contributed by atoms with Crippen LogP contribution in [-0.4, -0.2) is 15.7 Å². The highest BCUT2D eigenvalue weighted by molar-refractivity contribution is 6.41. The Bertz CT molecular complexity index is 795. The molecule has 0 spiro atoms. The van der Waals surface area contributed by atoms with Crippen LogP contribution in [0.1, 0.15) is 5.56 Å². The van der Waals surface area contributed by atoms with E-state index in [4.69, 9.17) is 28.5 Å². The van der Waals surface area contributed by atoms with Gasteiger partial charge >= 0.3 is 0 Å². The first-order valence-electron chi connectivity index (χ1n) is 5.72. The summed E-state index contributed by atoms with van der Waals surface area (Å²) in [6.45, 7) is -0.313. The molecule has 0 bridgehead atoms. The molecule has 0 atom stereocenters. The summed E-state index contributed by atoms with van der Waals surface area (Å²) in [6.07, 6.45) is 1.19. The summed E-state index contributed by atoms with van der Waals surface area (Å²) in [5, 5.41) is 14.9. The van der Waals surface area contributed by atoms with Gasteiger partial charge in [0.15, 0.2) is 0 Å². The highest BCUT2D eigenvalue weighted by atomic mass is 35.5. The third kappa shape index (κ3) is 3.60. The number of benzene rings is 1. The number of rotatable bonds is 3. The van der Waals surface area contributed by atoms with E-state index in [1.54, 1.807) is 18.2 Å². The zero-order valence-corrected chi connectivity index (χ0v) is 12.0. The van der Waals surface area contributed by atoms with Gasteiger partial charge in [0.2, 0.25) is 5.91 Å². The molecular weight excluding hydrogens is 315 g/mol. The van der Waals surface area contributed by atoms with Gasteiger partial charge in [0.1, 0.15) is 11.6 Å². The van der Waals surface area contributed by atoms with Crippen molar-refractivity contribution in [3.8, 4) is 6.07 Å². The van der Waals surface area contributed by atoms with E-state index < -0.39 is 11.5 Å². The van der Waals surface area contributed by atoms with Crippen molar-refractivity contribution >= 4 is 34.8 Å². The topological polar surface area (TPSA) is 87.8 Å². The van der Waals surface area contributed by atoms with Crippen molar-refractivity contribution in [2.24, 2.45) is 0 Å². The molecule has 6 nitrogen and oxygen atoms in total. The zero-order chi connectivity index (χ0) is 15.4. The van der Waals surface area contributed by atoms with E-state index in [1.165, 1.54) is 12.3 Å². The number of hydrogen-bond donors (Lipinski definition) is 1. The second kappa shape index (κ2) is 6.39. The summed E-state index contributed by atoms with van der Waals surface area (Å²) in [4.78, 5) is 23.6. The van der Waals surface area contributed by atoms with Gasteiger partial charge in [-0.15, -0.1) is 0 Å². The number of nitrogens with one attached hydrogen (secondary N) is 1. The minimum absolute atomic E-state index is 0.0278. The van der Waals surface area contributed by atoms with E-state index >= 15 is 0 Å². The smallest absolute Gasteiger partial charge is 0.287 e. The Kier molecular flexibility index (Phi) is 4.58. The van der Waals surface area contributed by atoms with Crippen molar-refractivity contribution in [3.05, 3.63) is 56.4 Å². The predicted molar refractivity (Wildman–Crippen MR) is 78.3 cm³/mol. The van der Waals surface area contributed by atoms with Gasteiger partial charge in [-0.25, -0.2) is 4.68 Å². The van der Waals surface area contributed by atoms with Crippen molar-refractivity contribution in [2.75, 3.05) is 5.32 Å². The minimum Gasteiger partial charge on any atom is -0.324 e. The summed E-state index contributed by atoms with van der Waals surface area (Å²) < 4.78 is 0.900. The minimum atomic E-state index is -0.648. The molecule has 21 heavy (non-hydrogen) atoms. The highest BCUT2D eigenvalue weighted by Gasteiger charge is 2.11. The fraction of sp³-hybridized carbons (Fsp3) is 0.0769. The van der Waals surface area contributed by atoms with Crippen LogP contribution in [-0.2, 0) is 11.3 Å². The number of nitrogens with zero attached hydrogens (tertiary/aromatic N) is 3. The van der Waals surface area contributed by atoms with E-state index in [9.17, 15) is 9.59 Å². The Morgan fingerprint density at radius 1 is 1.43 bits per heavy atom. The SMILES string of the molecule is N#Cc1cccc(NC(=O)Cn2ncc(Cl)c(Cl)c2=O)c1. The lowest BCUT2D eigenvalue weighted by atomic mass is 10.2. The molecule has 8 heteroatoms. The Morgan fingerprint density at radius 3 is 2.90 bits per heavy atom. The molecule has 0 aliphatic heterocycles. The van der Waals surface area contributed by atoms with Crippen LogP contribution < -0.4 is 10.9 Å². The van der Waals surface area contributed by atoms with E-state index in [0.717, 1.165) is 4.68 Å². The van der Waals surface area contributed by atoms with Gasteiger partial charge in [-0.2, -0.15) is 10.4 Å². The van der Waals surface area contributed by atoms with Gasteiger partial charge in [-0.1, -0.05) is 29.3 Å². The van der Waals surface area contributed by atoms with E-state index in [0.29, 0.717) is 11.3 Å². The van der Waals surface area contributed by atoms with Crippen molar-refractivity contribution in [2.45, 2.75) is 6.54 Å². The molecule has 0 unspecified atom stereocenters. The van der Waals surface area contributed by atoms with Gasteiger partial charge in [-0.3, -0.25) is 9.59 Å². The van der Waals surface area contributed by atoms with Crippen LogP contribution in [0.5, 0.6) is 0 Å². The Morgan fingerprint density at radius 2 is 2.19 bits per heavy atom. The summed E-state index contributed by atoms with van der Waals surface area (Å²) >= 11 is 11.3. The van der Waals surface area contributed by atoms with Crippen molar-refractivity contribution in [3.63, 3.8) is 0 Å². The number of aromatic nitrogens is 2. The second-order valence-corrected chi connectivity index (χ2v) is 4.80. The lowest BCUT2D eigenvalue weighted by Gasteiger charge is -2.07. The van der Waals surface area contributed by atoms with Gasteiger partial charge in [0.25, 0.3) is 5.56 Å².